The first kappa shape index (κ1) is 23.3. The van der Waals surface area contributed by atoms with Crippen LogP contribution in [0.25, 0.3) is 0 Å². The van der Waals surface area contributed by atoms with Gasteiger partial charge in [-0.25, -0.2) is 22.3 Å². The maximum absolute atomic E-state index is 13.3. The zero-order valence-electron chi connectivity index (χ0n) is 17.0. The summed E-state index contributed by atoms with van der Waals surface area (Å²) in [6, 6.07) is 9.58. The molecule has 0 aliphatic carbocycles. The number of ether oxygens (including phenoxy) is 2. The highest BCUT2D eigenvalue weighted by atomic mass is 32.2. The van der Waals surface area contributed by atoms with E-state index in [9.17, 15) is 22.4 Å². The quantitative estimate of drug-likeness (QED) is 0.632. The zero-order chi connectivity index (χ0) is 22.5. The van der Waals surface area contributed by atoms with E-state index in [1.807, 2.05) is 0 Å². The maximum atomic E-state index is 13.3. The van der Waals surface area contributed by atoms with E-state index >= 15 is 0 Å². The van der Waals surface area contributed by atoms with Crippen LogP contribution in [0.2, 0.25) is 0 Å². The number of carbonyl (C=O) groups excluding carboxylic acids is 2. The van der Waals surface area contributed by atoms with Crippen molar-refractivity contribution in [3.05, 3.63) is 59.4 Å². The molecule has 2 aromatic rings. The second-order valence-electron chi connectivity index (χ2n) is 6.44. The fourth-order valence-corrected chi connectivity index (χ4v) is 3.62. The predicted octanol–water partition coefficient (Wildman–Crippen LogP) is 1.95. The molecule has 0 aliphatic heterocycles. The summed E-state index contributed by atoms with van der Waals surface area (Å²) in [5.74, 6) is -1.73. The van der Waals surface area contributed by atoms with Crippen molar-refractivity contribution < 1.29 is 31.9 Å². The van der Waals surface area contributed by atoms with Gasteiger partial charge in [0, 0.05) is 13.6 Å². The zero-order valence-corrected chi connectivity index (χ0v) is 17.8. The normalized spacial score (nSPS) is 12.2. The minimum Gasteiger partial charge on any atom is -0.495 e. The molecule has 162 valence electrons. The Balaban J connectivity index is 2.13. The topological polar surface area (TPSA) is 102 Å². The second kappa shape index (κ2) is 9.68. The number of nitrogens with zero attached hydrogens (tertiary/aromatic N) is 1. The lowest BCUT2D eigenvalue weighted by Gasteiger charge is -2.21. The Morgan fingerprint density at radius 2 is 1.90 bits per heavy atom. The van der Waals surface area contributed by atoms with Gasteiger partial charge in [0.15, 0.2) is 6.10 Å². The number of halogens is 1. The largest absolute Gasteiger partial charge is 0.495 e. The van der Waals surface area contributed by atoms with Crippen LogP contribution in [-0.2, 0) is 26.1 Å². The van der Waals surface area contributed by atoms with Gasteiger partial charge in [0.25, 0.3) is 5.91 Å². The highest BCUT2D eigenvalue weighted by Crippen LogP contribution is 2.25. The SMILES string of the molecule is CNS(=O)(=O)c1cc(C(=O)OC(C)C(=O)N(C)Cc2cccc(F)c2)ccc1OC. The van der Waals surface area contributed by atoms with Crippen LogP contribution in [0.5, 0.6) is 5.75 Å². The Morgan fingerprint density at radius 3 is 2.50 bits per heavy atom. The molecule has 0 bridgehead atoms. The molecule has 0 radical (unpaired) electrons. The summed E-state index contributed by atoms with van der Waals surface area (Å²) in [6.07, 6.45) is -1.14. The summed E-state index contributed by atoms with van der Waals surface area (Å²) in [6.45, 7) is 1.53. The van der Waals surface area contributed by atoms with Gasteiger partial charge in [0.05, 0.1) is 12.7 Å². The van der Waals surface area contributed by atoms with Crippen LogP contribution in [0.4, 0.5) is 4.39 Å². The molecule has 1 unspecified atom stereocenters. The average Bonchev–Trinajstić information content (AvgIpc) is 2.72. The minimum atomic E-state index is -3.88. The van der Waals surface area contributed by atoms with Gasteiger partial charge in [-0.15, -0.1) is 0 Å². The molecule has 0 aromatic heterocycles. The first-order chi connectivity index (χ1) is 14.1. The van der Waals surface area contributed by atoms with Crippen LogP contribution in [0.3, 0.4) is 0 Å². The van der Waals surface area contributed by atoms with Crippen molar-refractivity contribution in [1.29, 1.82) is 0 Å². The van der Waals surface area contributed by atoms with E-state index in [0.29, 0.717) is 5.56 Å². The number of sulfonamides is 1. The highest BCUT2D eigenvalue weighted by molar-refractivity contribution is 7.89. The lowest BCUT2D eigenvalue weighted by Crippen LogP contribution is -2.37. The summed E-state index contributed by atoms with van der Waals surface area (Å²) in [5, 5.41) is 0. The van der Waals surface area contributed by atoms with Gasteiger partial charge in [-0.05, 0) is 49.9 Å². The number of likely N-dealkylation sites (N-methyl/N-ethyl adjacent to an activating group) is 1. The standard InChI is InChI=1S/C20H23FN2O6S/c1-13(19(24)23(3)12-14-6-5-7-16(21)10-14)29-20(25)15-8-9-17(28-4)18(11-15)30(26,27)22-2/h5-11,13,22H,12H2,1-4H3. The van der Waals surface area contributed by atoms with Gasteiger partial charge < -0.3 is 14.4 Å². The molecule has 10 heteroatoms. The number of esters is 1. The van der Waals surface area contributed by atoms with E-state index in [1.165, 1.54) is 63.4 Å². The van der Waals surface area contributed by atoms with Crippen LogP contribution in [0.15, 0.2) is 47.4 Å². The molecule has 0 saturated carbocycles. The molecule has 1 atom stereocenters. The number of hydrogen-bond acceptors (Lipinski definition) is 6. The molecule has 2 rings (SSSR count). The van der Waals surface area contributed by atoms with Crippen LogP contribution in [0.1, 0.15) is 22.8 Å². The first-order valence-electron chi connectivity index (χ1n) is 8.91. The van der Waals surface area contributed by atoms with Gasteiger partial charge in [0.2, 0.25) is 10.0 Å². The van der Waals surface area contributed by atoms with Gasteiger partial charge in [-0.2, -0.15) is 0 Å². The van der Waals surface area contributed by atoms with E-state index < -0.39 is 33.8 Å². The smallest absolute Gasteiger partial charge is 0.338 e. The molecule has 2 aromatic carbocycles. The van der Waals surface area contributed by atoms with E-state index in [0.717, 1.165) is 6.07 Å². The van der Waals surface area contributed by atoms with Crippen molar-refractivity contribution in [2.24, 2.45) is 0 Å². The van der Waals surface area contributed by atoms with Crippen LogP contribution < -0.4 is 9.46 Å². The van der Waals surface area contributed by atoms with Gasteiger partial charge in [0.1, 0.15) is 16.5 Å². The third-order valence-electron chi connectivity index (χ3n) is 4.27. The van der Waals surface area contributed by atoms with E-state index in [4.69, 9.17) is 9.47 Å². The molecule has 0 aliphatic rings. The Bertz CT molecular complexity index is 1040. The number of hydrogen-bond donors (Lipinski definition) is 1. The Labute approximate surface area is 174 Å². The van der Waals surface area contributed by atoms with Gasteiger partial charge in [-0.1, -0.05) is 12.1 Å². The fraction of sp³-hybridized carbons (Fsp3) is 0.300. The Hall–Kier alpha value is -2.98. The highest BCUT2D eigenvalue weighted by Gasteiger charge is 2.25. The van der Waals surface area contributed by atoms with E-state index in [2.05, 4.69) is 4.72 Å². The van der Waals surface area contributed by atoms with Gasteiger partial charge >= 0.3 is 5.97 Å². The third kappa shape index (κ3) is 5.55. The van der Waals surface area contributed by atoms with Crippen LogP contribution >= 0.6 is 0 Å². The fourth-order valence-electron chi connectivity index (χ4n) is 2.70. The number of rotatable bonds is 8. The molecule has 0 heterocycles. The summed E-state index contributed by atoms with van der Waals surface area (Å²) >= 11 is 0. The molecule has 0 spiro atoms. The Morgan fingerprint density at radius 1 is 1.20 bits per heavy atom. The molecular formula is C20H23FN2O6S. The van der Waals surface area contributed by atoms with Crippen molar-refractivity contribution in [2.75, 3.05) is 21.2 Å². The molecule has 1 amide bonds. The number of nitrogens with one attached hydrogen (secondary N) is 1. The van der Waals surface area contributed by atoms with Gasteiger partial charge in [-0.3, -0.25) is 4.79 Å². The third-order valence-corrected chi connectivity index (χ3v) is 5.71. The molecule has 0 saturated heterocycles. The molecule has 30 heavy (non-hydrogen) atoms. The molecule has 0 fully saturated rings. The number of amides is 1. The maximum Gasteiger partial charge on any atom is 0.338 e. The van der Waals surface area contributed by atoms with E-state index in [-0.39, 0.29) is 22.8 Å². The average molecular weight is 438 g/mol. The first-order valence-corrected chi connectivity index (χ1v) is 10.4. The van der Waals surface area contributed by atoms with Crippen LogP contribution in [0, 0.1) is 5.82 Å². The van der Waals surface area contributed by atoms with Crippen molar-refractivity contribution in [3.8, 4) is 5.75 Å². The van der Waals surface area contributed by atoms with Crippen molar-refractivity contribution in [3.63, 3.8) is 0 Å². The Kier molecular flexibility index (Phi) is 7.52. The molecular weight excluding hydrogens is 415 g/mol. The van der Waals surface area contributed by atoms with Crippen molar-refractivity contribution >= 4 is 21.9 Å². The summed E-state index contributed by atoms with van der Waals surface area (Å²) < 4.78 is 50.0. The second-order valence-corrected chi connectivity index (χ2v) is 8.30. The molecule has 1 N–H and O–H groups in total. The number of carbonyl (C=O) groups is 2. The summed E-state index contributed by atoms with van der Waals surface area (Å²) in [4.78, 5) is 26.0. The minimum absolute atomic E-state index is 0.0554. The molecule has 8 nitrogen and oxygen atoms in total. The lowest BCUT2D eigenvalue weighted by atomic mass is 10.2. The number of benzene rings is 2. The van der Waals surface area contributed by atoms with Crippen molar-refractivity contribution in [1.82, 2.24) is 9.62 Å². The summed E-state index contributed by atoms with van der Waals surface area (Å²) in [5.41, 5.74) is 0.526. The lowest BCUT2D eigenvalue weighted by molar-refractivity contribution is -0.139. The van der Waals surface area contributed by atoms with Crippen molar-refractivity contribution in [2.45, 2.75) is 24.5 Å². The predicted molar refractivity (Wildman–Crippen MR) is 107 cm³/mol. The van der Waals surface area contributed by atoms with E-state index in [1.54, 1.807) is 6.07 Å². The monoisotopic (exact) mass is 438 g/mol. The number of methoxy groups -OCH3 is 1. The summed E-state index contributed by atoms with van der Waals surface area (Å²) in [7, 11) is 0.154. The van der Waals surface area contributed by atoms with Crippen LogP contribution in [-0.4, -0.2) is 52.5 Å².